The maximum atomic E-state index is 12.4. The number of carboxylic acid groups (broad SMARTS) is 1. The number of rotatable bonds is 2. The highest BCUT2D eigenvalue weighted by Crippen LogP contribution is 2.24. The van der Waals surface area contributed by atoms with Crippen molar-refractivity contribution in [3.8, 4) is 0 Å². The zero-order valence-corrected chi connectivity index (χ0v) is 11.9. The molecule has 2 rings (SSSR count). The van der Waals surface area contributed by atoms with Crippen molar-refractivity contribution >= 4 is 18.0 Å². The van der Waals surface area contributed by atoms with Gasteiger partial charge in [0.25, 0.3) is 0 Å². The van der Waals surface area contributed by atoms with Crippen molar-refractivity contribution in [2.75, 3.05) is 26.7 Å². The molecule has 2 fully saturated rings. The number of likely N-dealkylation sites (tertiary alicyclic amines) is 2. The molecule has 2 amide bonds. The zero-order chi connectivity index (χ0) is 15.6. The quantitative estimate of drug-likeness (QED) is 0.666. The Morgan fingerprint density at radius 2 is 1.81 bits per heavy atom. The number of piperidine rings is 1. The van der Waals surface area contributed by atoms with Gasteiger partial charge in [-0.25, -0.2) is 9.59 Å². The van der Waals surface area contributed by atoms with Crippen LogP contribution in [0.2, 0.25) is 0 Å². The summed E-state index contributed by atoms with van der Waals surface area (Å²) in [6.07, 6.45) is 0.265. The topological polar surface area (TPSA) is 107 Å². The predicted octanol–water partition coefficient (Wildman–Crippen LogP) is -0.489. The lowest BCUT2D eigenvalue weighted by molar-refractivity contribution is -0.146. The molecule has 0 radical (unpaired) electrons. The predicted molar refractivity (Wildman–Crippen MR) is 70.5 cm³/mol. The summed E-state index contributed by atoms with van der Waals surface area (Å²) in [5.74, 6) is -1.59. The van der Waals surface area contributed by atoms with Gasteiger partial charge in [0.05, 0.1) is 19.1 Å². The molecule has 2 aliphatic rings. The summed E-state index contributed by atoms with van der Waals surface area (Å²) in [5, 5.41) is 18.7. The number of carbonyl (C=O) groups excluding carboxylic acids is 2. The van der Waals surface area contributed by atoms with E-state index in [0.717, 1.165) is 0 Å². The number of amides is 2. The molecule has 0 aromatic carbocycles. The molecule has 2 aliphatic heterocycles. The number of hydrogen-bond acceptors (Lipinski definition) is 5. The molecule has 118 valence electrons. The largest absolute Gasteiger partial charge is 0.480 e. The third-order valence-corrected chi connectivity index (χ3v) is 4.11. The van der Waals surface area contributed by atoms with Gasteiger partial charge in [-0.15, -0.1) is 0 Å². The molecule has 0 spiro atoms. The van der Waals surface area contributed by atoms with E-state index in [1.54, 1.807) is 0 Å². The standard InChI is InChI=1S/C13H20N2O6/c1-21-12(19)8-2-4-14(5-3-8)13(20)15-7-9(16)6-10(15)11(17)18/h8-10,16H,2-7H2,1H3,(H,17,18). The van der Waals surface area contributed by atoms with Crippen LogP contribution in [0, 0.1) is 5.92 Å². The molecule has 21 heavy (non-hydrogen) atoms. The zero-order valence-electron chi connectivity index (χ0n) is 11.9. The van der Waals surface area contributed by atoms with E-state index in [4.69, 9.17) is 5.11 Å². The number of β-amino-alcohol motifs (C(OH)–C–C–N with tert-alkyl or cyclic N) is 1. The fourth-order valence-corrected chi connectivity index (χ4v) is 2.91. The number of methoxy groups -OCH3 is 1. The average Bonchev–Trinajstić information content (AvgIpc) is 2.88. The molecule has 0 bridgehead atoms. The fraction of sp³-hybridized carbons (Fsp3) is 0.769. The Labute approximate surface area is 122 Å². The molecular weight excluding hydrogens is 280 g/mol. The van der Waals surface area contributed by atoms with E-state index >= 15 is 0 Å². The number of carbonyl (C=O) groups is 3. The molecule has 2 N–H and O–H groups in total. The average molecular weight is 300 g/mol. The second-order valence-corrected chi connectivity index (χ2v) is 5.46. The van der Waals surface area contributed by atoms with Gasteiger partial charge in [0, 0.05) is 26.1 Å². The van der Waals surface area contributed by atoms with E-state index in [0.29, 0.717) is 25.9 Å². The van der Waals surface area contributed by atoms with E-state index < -0.39 is 18.1 Å². The van der Waals surface area contributed by atoms with Crippen molar-refractivity contribution in [1.29, 1.82) is 0 Å². The summed E-state index contributed by atoms with van der Waals surface area (Å²) in [6, 6.07) is -1.37. The molecule has 2 saturated heterocycles. The van der Waals surface area contributed by atoms with Crippen LogP contribution in [0.4, 0.5) is 4.79 Å². The molecule has 2 atom stereocenters. The lowest BCUT2D eigenvalue weighted by Crippen LogP contribution is -2.51. The number of hydrogen-bond donors (Lipinski definition) is 2. The van der Waals surface area contributed by atoms with E-state index in [-0.39, 0.29) is 30.9 Å². The van der Waals surface area contributed by atoms with Crippen molar-refractivity contribution in [2.24, 2.45) is 5.92 Å². The fourth-order valence-electron chi connectivity index (χ4n) is 2.91. The number of aliphatic carboxylic acids is 1. The normalized spacial score (nSPS) is 26.8. The second-order valence-electron chi connectivity index (χ2n) is 5.46. The van der Waals surface area contributed by atoms with Crippen molar-refractivity contribution in [2.45, 2.75) is 31.4 Å². The monoisotopic (exact) mass is 300 g/mol. The van der Waals surface area contributed by atoms with Crippen LogP contribution in [0.15, 0.2) is 0 Å². The highest BCUT2D eigenvalue weighted by atomic mass is 16.5. The summed E-state index contributed by atoms with van der Waals surface area (Å²) in [4.78, 5) is 37.7. The highest BCUT2D eigenvalue weighted by molar-refractivity contribution is 5.83. The molecule has 2 heterocycles. The van der Waals surface area contributed by atoms with Gasteiger partial charge in [-0.2, -0.15) is 0 Å². The number of aliphatic hydroxyl groups excluding tert-OH is 1. The summed E-state index contributed by atoms with van der Waals surface area (Å²) in [7, 11) is 1.34. The molecular formula is C13H20N2O6. The summed E-state index contributed by atoms with van der Waals surface area (Å²) in [6.45, 7) is 0.807. The molecule has 8 nitrogen and oxygen atoms in total. The molecule has 0 aromatic rings. The third-order valence-electron chi connectivity index (χ3n) is 4.11. The number of carboxylic acids is 1. The Bertz CT molecular complexity index is 432. The van der Waals surface area contributed by atoms with E-state index in [2.05, 4.69) is 4.74 Å². The van der Waals surface area contributed by atoms with Gasteiger partial charge in [0.1, 0.15) is 6.04 Å². The first-order valence-electron chi connectivity index (χ1n) is 6.98. The molecule has 0 saturated carbocycles. The molecule has 0 aliphatic carbocycles. The van der Waals surface area contributed by atoms with Gasteiger partial charge >= 0.3 is 18.0 Å². The maximum Gasteiger partial charge on any atom is 0.326 e. The first-order chi connectivity index (χ1) is 9.93. The van der Waals surface area contributed by atoms with Gasteiger partial charge in [0.15, 0.2) is 0 Å². The van der Waals surface area contributed by atoms with Crippen LogP contribution in [0.1, 0.15) is 19.3 Å². The van der Waals surface area contributed by atoms with Crippen LogP contribution in [0.3, 0.4) is 0 Å². The first kappa shape index (κ1) is 15.6. The van der Waals surface area contributed by atoms with Gasteiger partial charge in [-0.3, -0.25) is 4.79 Å². The number of aliphatic hydroxyl groups is 1. The van der Waals surface area contributed by atoms with Gasteiger partial charge in [0.2, 0.25) is 0 Å². The van der Waals surface area contributed by atoms with Gasteiger partial charge < -0.3 is 24.7 Å². The van der Waals surface area contributed by atoms with Crippen LogP contribution >= 0.6 is 0 Å². The summed E-state index contributed by atoms with van der Waals surface area (Å²) in [5.41, 5.74) is 0. The van der Waals surface area contributed by atoms with Crippen molar-refractivity contribution in [1.82, 2.24) is 9.80 Å². The minimum absolute atomic E-state index is 0.0345. The van der Waals surface area contributed by atoms with Crippen molar-refractivity contribution in [3.05, 3.63) is 0 Å². The SMILES string of the molecule is COC(=O)C1CCN(C(=O)N2CC(O)CC2C(=O)O)CC1. The molecule has 0 aromatic heterocycles. The van der Waals surface area contributed by atoms with Gasteiger partial charge in [-0.05, 0) is 12.8 Å². The lowest BCUT2D eigenvalue weighted by Gasteiger charge is -2.34. The number of urea groups is 1. The number of nitrogens with zero attached hydrogens (tertiary/aromatic N) is 2. The first-order valence-corrected chi connectivity index (χ1v) is 6.98. The van der Waals surface area contributed by atoms with E-state index in [1.165, 1.54) is 16.9 Å². The third kappa shape index (κ3) is 3.26. The van der Waals surface area contributed by atoms with Crippen molar-refractivity contribution in [3.63, 3.8) is 0 Å². The second kappa shape index (κ2) is 6.30. The Morgan fingerprint density at radius 3 is 2.33 bits per heavy atom. The maximum absolute atomic E-state index is 12.4. The van der Waals surface area contributed by atoms with E-state index in [9.17, 15) is 19.5 Å². The minimum atomic E-state index is -1.11. The Kier molecular flexibility index (Phi) is 4.66. The van der Waals surface area contributed by atoms with Crippen LogP contribution in [-0.4, -0.2) is 76.9 Å². The lowest BCUT2D eigenvalue weighted by atomic mass is 9.97. The minimum Gasteiger partial charge on any atom is -0.480 e. The van der Waals surface area contributed by atoms with Crippen LogP contribution in [0.5, 0.6) is 0 Å². The smallest absolute Gasteiger partial charge is 0.326 e. The number of ether oxygens (including phenoxy) is 1. The Morgan fingerprint density at radius 1 is 1.19 bits per heavy atom. The summed E-state index contributed by atoms with van der Waals surface area (Å²) >= 11 is 0. The summed E-state index contributed by atoms with van der Waals surface area (Å²) < 4.78 is 4.68. The Balaban J connectivity index is 1.95. The molecule has 2 unspecified atom stereocenters. The Hall–Kier alpha value is -1.83. The van der Waals surface area contributed by atoms with Crippen molar-refractivity contribution < 1.29 is 29.3 Å². The molecule has 8 heteroatoms. The number of esters is 1. The van der Waals surface area contributed by atoms with Gasteiger partial charge in [-0.1, -0.05) is 0 Å². The van der Waals surface area contributed by atoms with Crippen LogP contribution < -0.4 is 0 Å². The highest BCUT2D eigenvalue weighted by Gasteiger charge is 2.41. The van der Waals surface area contributed by atoms with E-state index in [1.807, 2.05) is 0 Å². The van der Waals surface area contributed by atoms with Crippen LogP contribution in [0.25, 0.3) is 0 Å². The van der Waals surface area contributed by atoms with Crippen LogP contribution in [-0.2, 0) is 14.3 Å².